The molecule has 0 aromatic heterocycles. The van der Waals surface area contributed by atoms with Gasteiger partial charge in [-0.1, -0.05) is 31.2 Å². The smallest absolute Gasteiger partial charge is 0.191 e. The number of aliphatic imine (C=N–C) groups is 1. The van der Waals surface area contributed by atoms with Crippen LogP contribution in [0.3, 0.4) is 0 Å². The van der Waals surface area contributed by atoms with Crippen LogP contribution in [0.25, 0.3) is 0 Å². The second kappa shape index (κ2) is 15.0. The lowest BCUT2D eigenvalue weighted by atomic mass is 9.97. The van der Waals surface area contributed by atoms with Crippen LogP contribution in [0.1, 0.15) is 44.2 Å². The highest BCUT2D eigenvalue weighted by Crippen LogP contribution is 2.17. The van der Waals surface area contributed by atoms with Crippen LogP contribution in [0.5, 0.6) is 0 Å². The van der Waals surface area contributed by atoms with E-state index in [0.717, 1.165) is 57.8 Å². The van der Waals surface area contributed by atoms with Crippen molar-refractivity contribution >= 4 is 29.9 Å². The Hall–Kier alpha value is -0.900. The van der Waals surface area contributed by atoms with E-state index in [1.54, 1.807) is 0 Å². The molecule has 2 aliphatic heterocycles. The first-order valence-corrected chi connectivity index (χ1v) is 11.9. The van der Waals surface area contributed by atoms with Crippen molar-refractivity contribution in [1.82, 2.24) is 20.4 Å². The number of ether oxygens (including phenoxy) is 1. The molecule has 0 saturated carbocycles. The average molecular weight is 544 g/mol. The summed E-state index contributed by atoms with van der Waals surface area (Å²) in [5.41, 5.74) is 2.69. The summed E-state index contributed by atoms with van der Waals surface area (Å²) in [5, 5.41) is 7.03. The maximum absolute atomic E-state index is 5.49. The Morgan fingerprint density at radius 2 is 1.71 bits per heavy atom. The van der Waals surface area contributed by atoms with Gasteiger partial charge in [0.1, 0.15) is 0 Å². The van der Waals surface area contributed by atoms with Gasteiger partial charge in [0, 0.05) is 32.7 Å². The molecule has 0 aliphatic carbocycles. The molecule has 0 spiro atoms. The number of benzene rings is 1. The molecule has 176 valence electrons. The zero-order chi connectivity index (χ0) is 21.0. The number of hydrogen-bond acceptors (Lipinski definition) is 4. The Morgan fingerprint density at radius 3 is 2.39 bits per heavy atom. The molecule has 0 radical (unpaired) electrons. The van der Waals surface area contributed by atoms with Crippen molar-refractivity contribution in [1.29, 1.82) is 0 Å². The van der Waals surface area contributed by atoms with Gasteiger partial charge in [-0.2, -0.15) is 0 Å². The summed E-state index contributed by atoms with van der Waals surface area (Å²) in [6.07, 6.45) is 3.83. The van der Waals surface area contributed by atoms with E-state index >= 15 is 0 Å². The number of morpholine rings is 1. The Morgan fingerprint density at radius 1 is 1.00 bits per heavy atom. The number of halogens is 1. The average Bonchev–Trinajstić information content (AvgIpc) is 2.78. The molecule has 1 aromatic rings. The Balaban J connectivity index is 0.00000341. The summed E-state index contributed by atoms with van der Waals surface area (Å²) in [4.78, 5) is 9.98. The number of piperidine rings is 1. The zero-order valence-electron chi connectivity index (χ0n) is 19.4. The maximum atomic E-state index is 5.49. The van der Waals surface area contributed by atoms with Gasteiger partial charge in [-0.05, 0) is 62.9 Å². The van der Waals surface area contributed by atoms with Gasteiger partial charge in [-0.25, -0.2) is 4.99 Å². The fraction of sp³-hybridized carbons (Fsp3) is 0.708. The van der Waals surface area contributed by atoms with Crippen LogP contribution >= 0.6 is 24.0 Å². The van der Waals surface area contributed by atoms with E-state index in [0.29, 0.717) is 6.54 Å². The van der Waals surface area contributed by atoms with Crippen molar-refractivity contribution in [3.63, 3.8) is 0 Å². The lowest BCUT2D eigenvalue weighted by molar-refractivity contribution is 0.0341. The van der Waals surface area contributed by atoms with Crippen LogP contribution in [0.4, 0.5) is 0 Å². The SMILES string of the molecule is CCCN1CCC(CNC(=NCc2ccccc2CN2CCOCC2)NCC)CC1.I. The summed E-state index contributed by atoms with van der Waals surface area (Å²) in [5.74, 6) is 1.69. The van der Waals surface area contributed by atoms with Crippen molar-refractivity contribution in [3.8, 4) is 0 Å². The lowest BCUT2D eigenvalue weighted by Crippen LogP contribution is -2.43. The molecule has 6 nitrogen and oxygen atoms in total. The van der Waals surface area contributed by atoms with Crippen LogP contribution in [0, 0.1) is 5.92 Å². The summed E-state index contributed by atoms with van der Waals surface area (Å²) < 4.78 is 5.49. The van der Waals surface area contributed by atoms with Gasteiger partial charge in [0.15, 0.2) is 5.96 Å². The second-order valence-electron chi connectivity index (χ2n) is 8.52. The van der Waals surface area contributed by atoms with Gasteiger partial charge in [-0.15, -0.1) is 24.0 Å². The maximum Gasteiger partial charge on any atom is 0.191 e. The number of nitrogens with zero attached hydrogens (tertiary/aromatic N) is 3. The molecule has 0 atom stereocenters. The van der Waals surface area contributed by atoms with Crippen LogP contribution in [-0.4, -0.2) is 74.8 Å². The van der Waals surface area contributed by atoms with Crippen LogP contribution in [0.2, 0.25) is 0 Å². The van der Waals surface area contributed by atoms with Gasteiger partial charge >= 0.3 is 0 Å². The van der Waals surface area contributed by atoms with Crippen molar-refractivity contribution in [2.24, 2.45) is 10.9 Å². The molecule has 3 rings (SSSR count). The van der Waals surface area contributed by atoms with Gasteiger partial charge in [0.25, 0.3) is 0 Å². The van der Waals surface area contributed by atoms with E-state index in [9.17, 15) is 0 Å². The summed E-state index contributed by atoms with van der Waals surface area (Å²) in [6.45, 7) is 15.4. The largest absolute Gasteiger partial charge is 0.379 e. The van der Waals surface area contributed by atoms with Crippen molar-refractivity contribution < 1.29 is 4.74 Å². The molecule has 0 amide bonds. The first-order valence-electron chi connectivity index (χ1n) is 11.9. The standard InChI is InChI=1S/C24H41N5O.HI/c1-3-11-28-12-9-21(10-13-28)18-26-24(25-4-2)27-19-22-7-5-6-8-23(22)20-29-14-16-30-17-15-29;/h5-8,21H,3-4,9-20H2,1-2H3,(H2,25,26,27);1H. The Kier molecular flexibility index (Phi) is 12.8. The monoisotopic (exact) mass is 543 g/mol. The molecule has 0 bridgehead atoms. The topological polar surface area (TPSA) is 52.1 Å². The third kappa shape index (κ3) is 9.24. The summed E-state index contributed by atoms with van der Waals surface area (Å²) in [6, 6.07) is 8.71. The second-order valence-corrected chi connectivity index (χ2v) is 8.52. The molecule has 0 unspecified atom stereocenters. The van der Waals surface area contributed by atoms with E-state index in [1.165, 1.54) is 50.0 Å². The van der Waals surface area contributed by atoms with Crippen molar-refractivity contribution in [3.05, 3.63) is 35.4 Å². The molecule has 1 aromatic carbocycles. The molecule has 7 heteroatoms. The van der Waals surface area contributed by atoms with Gasteiger partial charge < -0.3 is 20.3 Å². The molecule has 2 N–H and O–H groups in total. The van der Waals surface area contributed by atoms with E-state index in [-0.39, 0.29) is 24.0 Å². The molecular weight excluding hydrogens is 501 g/mol. The minimum atomic E-state index is 0. The van der Waals surface area contributed by atoms with E-state index in [4.69, 9.17) is 9.73 Å². The predicted molar refractivity (Wildman–Crippen MR) is 140 cm³/mol. The minimum absolute atomic E-state index is 0. The van der Waals surface area contributed by atoms with Gasteiger partial charge in [0.2, 0.25) is 0 Å². The number of guanidine groups is 1. The van der Waals surface area contributed by atoms with Crippen LogP contribution in [0.15, 0.2) is 29.3 Å². The van der Waals surface area contributed by atoms with Gasteiger partial charge in [-0.3, -0.25) is 4.90 Å². The minimum Gasteiger partial charge on any atom is -0.379 e. The van der Waals surface area contributed by atoms with Crippen molar-refractivity contribution in [2.75, 3.05) is 59.0 Å². The third-order valence-corrected chi connectivity index (χ3v) is 6.17. The van der Waals surface area contributed by atoms with Crippen molar-refractivity contribution in [2.45, 2.75) is 46.2 Å². The number of hydrogen-bond donors (Lipinski definition) is 2. The highest BCUT2D eigenvalue weighted by atomic mass is 127. The summed E-state index contributed by atoms with van der Waals surface area (Å²) >= 11 is 0. The number of rotatable bonds is 9. The van der Waals surface area contributed by atoms with Gasteiger partial charge in [0.05, 0.1) is 19.8 Å². The number of nitrogens with one attached hydrogen (secondary N) is 2. The van der Waals surface area contributed by atoms with Crippen LogP contribution in [-0.2, 0) is 17.8 Å². The van der Waals surface area contributed by atoms with E-state index in [1.807, 2.05) is 0 Å². The predicted octanol–water partition coefficient (Wildman–Crippen LogP) is 3.31. The molecule has 2 heterocycles. The Labute approximate surface area is 206 Å². The third-order valence-electron chi connectivity index (χ3n) is 6.17. The van der Waals surface area contributed by atoms with Crippen LogP contribution < -0.4 is 10.6 Å². The molecule has 31 heavy (non-hydrogen) atoms. The first kappa shape index (κ1) is 26.4. The first-order chi connectivity index (χ1) is 14.8. The molecular formula is C24H42IN5O. The fourth-order valence-electron chi connectivity index (χ4n) is 4.34. The Bertz CT molecular complexity index is 643. The highest BCUT2D eigenvalue weighted by Gasteiger charge is 2.18. The molecule has 2 aliphatic rings. The zero-order valence-corrected chi connectivity index (χ0v) is 21.8. The highest BCUT2D eigenvalue weighted by molar-refractivity contribution is 14.0. The summed E-state index contributed by atoms with van der Waals surface area (Å²) in [7, 11) is 0. The fourth-order valence-corrected chi connectivity index (χ4v) is 4.34. The molecule has 2 fully saturated rings. The number of likely N-dealkylation sites (tertiary alicyclic amines) is 1. The normalized spacial score (nSPS) is 19.1. The molecule has 2 saturated heterocycles. The van der Waals surface area contributed by atoms with E-state index in [2.05, 4.69) is 58.5 Å². The lowest BCUT2D eigenvalue weighted by Gasteiger charge is -2.32. The quantitative estimate of drug-likeness (QED) is 0.285. The van der Waals surface area contributed by atoms with E-state index < -0.39 is 0 Å².